The maximum Gasteiger partial charge on any atom is 0.287 e. The van der Waals surface area contributed by atoms with Crippen molar-refractivity contribution in [2.45, 2.75) is 19.4 Å². The maximum absolute atomic E-state index is 12.6. The highest BCUT2D eigenvalue weighted by Gasteiger charge is 2.26. The van der Waals surface area contributed by atoms with Gasteiger partial charge < -0.3 is 4.90 Å². The molecule has 0 bridgehead atoms. The van der Waals surface area contributed by atoms with Crippen LogP contribution in [0.5, 0.6) is 0 Å². The average Bonchev–Trinajstić information content (AvgIpc) is 3.07. The van der Waals surface area contributed by atoms with E-state index < -0.39 is 4.92 Å². The lowest BCUT2D eigenvalue weighted by Gasteiger charge is -2.32. The van der Waals surface area contributed by atoms with Crippen LogP contribution in [0, 0.1) is 16.0 Å². The molecule has 126 valence electrons. The summed E-state index contributed by atoms with van der Waals surface area (Å²) in [6.45, 7) is 2.00. The third-order valence-electron chi connectivity index (χ3n) is 4.11. The number of nitrogens with zero attached hydrogens (tertiary/aromatic N) is 5. The SMILES string of the molecule is O=C(c1ccc([N+](=O)[O-])c(Cl)c1)N1CCC[C@H](Cn2ccnn2)C1. The second-order valence-corrected chi connectivity index (χ2v) is 6.22. The van der Waals surface area contributed by atoms with Crippen molar-refractivity contribution in [3.05, 3.63) is 51.3 Å². The molecule has 24 heavy (non-hydrogen) atoms. The minimum atomic E-state index is -0.564. The van der Waals surface area contributed by atoms with E-state index in [-0.39, 0.29) is 16.6 Å². The number of piperidine rings is 1. The Labute approximate surface area is 143 Å². The van der Waals surface area contributed by atoms with E-state index in [2.05, 4.69) is 10.3 Å². The van der Waals surface area contributed by atoms with Gasteiger partial charge in [-0.05, 0) is 30.9 Å². The first-order valence-corrected chi connectivity index (χ1v) is 7.99. The van der Waals surface area contributed by atoms with Gasteiger partial charge in [0.1, 0.15) is 5.02 Å². The summed E-state index contributed by atoms with van der Waals surface area (Å²) in [6, 6.07) is 4.09. The third kappa shape index (κ3) is 3.53. The number of hydrogen-bond acceptors (Lipinski definition) is 5. The normalized spacial score (nSPS) is 17.7. The van der Waals surface area contributed by atoms with Crippen LogP contribution in [0.15, 0.2) is 30.6 Å². The quantitative estimate of drug-likeness (QED) is 0.624. The molecule has 9 heteroatoms. The molecule has 0 N–H and O–H groups in total. The molecule has 1 aromatic heterocycles. The van der Waals surface area contributed by atoms with E-state index >= 15 is 0 Å². The molecule has 0 spiro atoms. The molecule has 3 rings (SSSR count). The fraction of sp³-hybridized carbons (Fsp3) is 0.400. The van der Waals surface area contributed by atoms with Gasteiger partial charge in [-0.3, -0.25) is 19.6 Å². The lowest BCUT2D eigenvalue weighted by atomic mass is 9.97. The van der Waals surface area contributed by atoms with Crippen molar-refractivity contribution in [1.82, 2.24) is 19.9 Å². The lowest BCUT2D eigenvalue weighted by Crippen LogP contribution is -2.41. The molecular weight excluding hydrogens is 334 g/mol. The number of likely N-dealkylation sites (tertiary alicyclic amines) is 1. The molecule has 1 aliphatic heterocycles. The Hall–Kier alpha value is -2.48. The van der Waals surface area contributed by atoms with Crippen LogP contribution < -0.4 is 0 Å². The van der Waals surface area contributed by atoms with Crippen molar-refractivity contribution in [3.63, 3.8) is 0 Å². The van der Waals surface area contributed by atoms with Crippen LogP contribution >= 0.6 is 11.6 Å². The minimum Gasteiger partial charge on any atom is -0.338 e. The number of benzene rings is 1. The van der Waals surface area contributed by atoms with Crippen LogP contribution in [0.3, 0.4) is 0 Å². The van der Waals surface area contributed by atoms with Crippen LogP contribution in [0.4, 0.5) is 5.69 Å². The molecule has 1 aromatic carbocycles. The molecule has 1 amide bonds. The van der Waals surface area contributed by atoms with Gasteiger partial charge in [-0.15, -0.1) is 5.10 Å². The van der Waals surface area contributed by atoms with E-state index in [0.29, 0.717) is 31.1 Å². The molecule has 2 heterocycles. The van der Waals surface area contributed by atoms with Gasteiger partial charge in [-0.1, -0.05) is 16.8 Å². The van der Waals surface area contributed by atoms with Crippen LogP contribution in [0.1, 0.15) is 23.2 Å². The van der Waals surface area contributed by atoms with Crippen molar-refractivity contribution in [2.75, 3.05) is 13.1 Å². The summed E-state index contributed by atoms with van der Waals surface area (Å²) in [6.07, 6.45) is 5.36. The Morgan fingerprint density at radius 3 is 2.96 bits per heavy atom. The minimum absolute atomic E-state index is 0.0259. The van der Waals surface area contributed by atoms with Crippen molar-refractivity contribution in [3.8, 4) is 0 Å². The number of nitro groups is 1. The van der Waals surface area contributed by atoms with E-state index in [1.165, 1.54) is 18.2 Å². The van der Waals surface area contributed by atoms with Crippen LogP contribution in [0.2, 0.25) is 5.02 Å². The molecule has 1 aliphatic rings. The highest BCUT2D eigenvalue weighted by Crippen LogP contribution is 2.26. The van der Waals surface area contributed by atoms with Gasteiger partial charge in [-0.2, -0.15) is 0 Å². The number of carbonyl (C=O) groups excluding carboxylic acids is 1. The topological polar surface area (TPSA) is 94.2 Å². The summed E-state index contributed by atoms with van der Waals surface area (Å²) in [7, 11) is 0. The smallest absolute Gasteiger partial charge is 0.287 e. The second kappa shape index (κ2) is 6.96. The highest BCUT2D eigenvalue weighted by molar-refractivity contribution is 6.33. The van der Waals surface area contributed by atoms with Gasteiger partial charge in [0.25, 0.3) is 11.6 Å². The standard InChI is InChI=1S/C15H16ClN5O3/c16-13-8-12(3-4-14(13)21(23)24)15(22)19-6-1-2-11(9-19)10-20-7-5-17-18-20/h3-5,7-8,11H,1-2,6,9-10H2/t11-/m0/s1. The second-order valence-electron chi connectivity index (χ2n) is 5.81. The monoisotopic (exact) mass is 349 g/mol. The number of nitro benzene ring substituents is 1. The van der Waals surface area contributed by atoms with E-state index in [4.69, 9.17) is 11.6 Å². The van der Waals surface area contributed by atoms with Gasteiger partial charge >= 0.3 is 0 Å². The first kappa shape index (κ1) is 16.4. The van der Waals surface area contributed by atoms with Crippen molar-refractivity contribution in [1.29, 1.82) is 0 Å². The predicted molar refractivity (Wildman–Crippen MR) is 86.8 cm³/mol. The molecule has 0 aliphatic carbocycles. The van der Waals surface area contributed by atoms with Crippen molar-refractivity contribution >= 4 is 23.2 Å². The number of halogens is 1. The molecule has 2 aromatic rings. The third-order valence-corrected chi connectivity index (χ3v) is 4.42. The van der Waals surface area contributed by atoms with Crippen molar-refractivity contribution in [2.24, 2.45) is 5.92 Å². The largest absolute Gasteiger partial charge is 0.338 e. The van der Waals surface area contributed by atoms with E-state index in [1.807, 2.05) is 0 Å². The molecule has 1 saturated heterocycles. The fourth-order valence-corrected chi connectivity index (χ4v) is 3.21. The van der Waals surface area contributed by atoms with Crippen LogP contribution in [-0.4, -0.2) is 43.8 Å². The Bertz CT molecular complexity index is 750. The Morgan fingerprint density at radius 1 is 1.46 bits per heavy atom. The fourth-order valence-electron chi connectivity index (χ4n) is 2.96. The summed E-state index contributed by atoms with van der Waals surface area (Å²) in [5.74, 6) is 0.146. The zero-order chi connectivity index (χ0) is 17.1. The Kier molecular flexibility index (Phi) is 4.75. The summed E-state index contributed by atoms with van der Waals surface area (Å²) in [4.78, 5) is 24.7. The van der Waals surface area contributed by atoms with Gasteiger partial charge in [0.05, 0.1) is 11.1 Å². The maximum atomic E-state index is 12.6. The van der Waals surface area contributed by atoms with E-state index in [9.17, 15) is 14.9 Å². The van der Waals surface area contributed by atoms with Gasteiger partial charge in [0.15, 0.2) is 0 Å². The Balaban J connectivity index is 1.70. The molecule has 8 nitrogen and oxygen atoms in total. The van der Waals surface area contributed by atoms with Crippen LogP contribution in [-0.2, 0) is 6.54 Å². The summed E-state index contributed by atoms with van der Waals surface area (Å²) >= 11 is 5.90. The number of carbonyl (C=O) groups is 1. The predicted octanol–water partition coefficient (Wildman–Crippen LogP) is 2.39. The van der Waals surface area contributed by atoms with Gasteiger partial charge in [0.2, 0.25) is 0 Å². The van der Waals surface area contributed by atoms with Crippen LogP contribution in [0.25, 0.3) is 0 Å². The molecule has 1 atom stereocenters. The molecule has 0 saturated carbocycles. The Morgan fingerprint density at radius 2 is 2.29 bits per heavy atom. The molecular formula is C15H16ClN5O3. The van der Waals surface area contributed by atoms with Gasteiger partial charge in [0, 0.05) is 37.5 Å². The number of hydrogen-bond donors (Lipinski definition) is 0. The number of amides is 1. The first-order chi connectivity index (χ1) is 11.5. The first-order valence-electron chi connectivity index (χ1n) is 7.62. The highest BCUT2D eigenvalue weighted by atomic mass is 35.5. The summed E-state index contributed by atoms with van der Waals surface area (Å²) < 4.78 is 1.77. The number of rotatable bonds is 4. The van der Waals surface area contributed by atoms with Crippen molar-refractivity contribution < 1.29 is 9.72 Å². The van der Waals surface area contributed by atoms with E-state index in [0.717, 1.165) is 12.8 Å². The zero-order valence-electron chi connectivity index (χ0n) is 12.8. The zero-order valence-corrected chi connectivity index (χ0v) is 13.6. The lowest BCUT2D eigenvalue weighted by molar-refractivity contribution is -0.384. The molecule has 0 unspecified atom stereocenters. The van der Waals surface area contributed by atoms with Gasteiger partial charge in [-0.25, -0.2) is 0 Å². The molecule has 1 fully saturated rings. The summed E-state index contributed by atoms with van der Waals surface area (Å²) in [5, 5.41) is 18.5. The average molecular weight is 350 g/mol. The summed E-state index contributed by atoms with van der Waals surface area (Å²) in [5.41, 5.74) is 0.169. The molecule has 0 radical (unpaired) electrons. The number of aromatic nitrogens is 3. The van der Waals surface area contributed by atoms with E-state index in [1.54, 1.807) is 22.0 Å².